The first-order chi connectivity index (χ1) is 22.6. The number of nitrogens with zero attached hydrogens (tertiary/aromatic N) is 1. The molecule has 1 amide bonds. The number of carbonyl (C=O) groups is 1. The number of likely N-dealkylation sites (N-methyl/N-ethyl adjacent to an activating group) is 1. The monoisotopic (exact) mass is 625 g/mol. The van der Waals surface area contributed by atoms with E-state index >= 15 is 0 Å². The average Bonchev–Trinajstić information content (AvgIpc) is 3.11. The second-order valence-corrected chi connectivity index (χ2v) is 11.3. The largest absolute Gasteiger partial charge is 0.374 e. The second-order valence-electron chi connectivity index (χ2n) is 11.3. The van der Waals surface area contributed by atoms with Gasteiger partial charge in [-0.05, 0) is 22.3 Å². The van der Waals surface area contributed by atoms with Gasteiger partial charge in [-0.25, -0.2) is 0 Å². The van der Waals surface area contributed by atoms with Gasteiger partial charge in [0.05, 0.1) is 33.0 Å². The second kappa shape index (κ2) is 17.7. The SMILES string of the molecule is CO[C@@H]1O[C@H](COCc2ccccc2)[C@@H](OCc2ccccc2)[C@H](OCc2ccccc2)[C@H]1N(C)C(=O)COCc1ccccc1. The number of hydrogen-bond acceptors (Lipinski definition) is 7. The third-order valence-electron chi connectivity index (χ3n) is 7.99. The topological polar surface area (TPSA) is 75.7 Å². The predicted octanol–water partition coefficient (Wildman–Crippen LogP) is 5.79. The molecule has 0 N–H and O–H groups in total. The van der Waals surface area contributed by atoms with Gasteiger partial charge in [0.15, 0.2) is 6.29 Å². The maximum atomic E-state index is 13.6. The van der Waals surface area contributed by atoms with Gasteiger partial charge in [-0.3, -0.25) is 4.79 Å². The molecule has 46 heavy (non-hydrogen) atoms. The smallest absolute Gasteiger partial charge is 0.248 e. The van der Waals surface area contributed by atoms with Crippen molar-refractivity contribution < 1.29 is 33.2 Å². The van der Waals surface area contributed by atoms with E-state index < -0.39 is 30.6 Å². The molecule has 0 spiro atoms. The van der Waals surface area contributed by atoms with Crippen LogP contribution in [0, 0.1) is 0 Å². The van der Waals surface area contributed by atoms with Gasteiger partial charge in [0.25, 0.3) is 0 Å². The van der Waals surface area contributed by atoms with Crippen LogP contribution in [0.25, 0.3) is 0 Å². The van der Waals surface area contributed by atoms with Crippen LogP contribution in [0.5, 0.6) is 0 Å². The van der Waals surface area contributed by atoms with Crippen molar-refractivity contribution in [2.45, 2.75) is 57.1 Å². The zero-order chi connectivity index (χ0) is 32.0. The Hall–Kier alpha value is -3.89. The molecule has 1 heterocycles. The number of carbonyl (C=O) groups excluding carboxylic acids is 1. The molecule has 5 atom stereocenters. The van der Waals surface area contributed by atoms with Gasteiger partial charge in [-0.15, -0.1) is 0 Å². The van der Waals surface area contributed by atoms with Gasteiger partial charge in [0.2, 0.25) is 5.91 Å². The van der Waals surface area contributed by atoms with E-state index in [4.69, 9.17) is 28.4 Å². The number of hydrogen-bond donors (Lipinski definition) is 0. The summed E-state index contributed by atoms with van der Waals surface area (Å²) in [4.78, 5) is 15.2. The van der Waals surface area contributed by atoms with E-state index in [1.54, 1.807) is 19.1 Å². The summed E-state index contributed by atoms with van der Waals surface area (Å²) in [6, 6.07) is 39.0. The molecular formula is C38H43NO7. The normalized spacial score (nSPS) is 21.1. The Labute approximate surface area is 271 Å². The van der Waals surface area contributed by atoms with Crippen molar-refractivity contribution in [2.24, 2.45) is 0 Å². The molecule has 4 aromatic carbocycles. The van der Waals surface area contributed by atoms with Gasteiger partial charge in [0, 0.05) is 14.2 Å². The molecule has 0 unspecified atom stereocenters. The molecule has 8 heteroatoms. The molecule has 0 aliphatic carbocycles. The van der Waals surface area contributed by atoms with Crippen molar-refractivity contribution in [3.8, 4) is 0 Å². The molecular weight excluding hydrogens is 582 g/mol. The van der Waals surface area contributed by atoms with Crippen LogP contribution in [-0.2, 0) is 59.6 Å². The Morgan fingerprint density at radius 1 is 0.630 bits per heavy atom. The maximum absolute atomic E-state index is 13.6. The van der Waals surface area contributed by atoms with Gasteiger partial charge in [-0.2, -0.15) is 0 Å². The Balaban J connectivity index is 1.37. The summed E-state index contributed by atoms with van der Waals surface area (Å²) in [6.45, 7) is 1.52. The van der Waals surface area contributed by atoms with Crippen molar-refractivity contribution in [3.63, 3.8) is 0 Å². The molecule has 0 radical (unpaired) electrons. The van der Waals surface area contributed by atoms with Crippen LogP contribution in [0.15, 0.2) is 121 Å². The molecule has 0 bridgehead atoms. The van der Waals surface area contributed by atoms with Crippen molar-refractivity contribution >= 4 is 5.91 Å². The van der Waals surface area contributed by atoms with Crippen molar-refractivity contribution in [1.82, 2.24) is 4.90 Å². The summed E-state index contributed by atoms with van der Waals surface area (Å²) in [5.74, 6) is -0.222. The lowest BCUT2D eigenvalue weighted by Crippen LogP contribution is -2.66. The van der Waals surface area contributed by atoms with Crippen LogP contribution >= 0.6 is 0 Å². The molecule has 1 fully saturated rings. The number of amides is 1. The van der Waals surface area contributed by atoms with E-state index in [2.05, 4.69) is 0 Å². The highest BCUT2D eigenvalue weighted by Crippen LogP contribution is 2.31. The molecule has 1 saturated heterocycles. The van der Waals surface area contributed by atoms with Crippen LogP contribution < -0.4 is 0 Å². The van der Waals surface area contributed by atoms with Crippen LogP contribution in [0.2, 0.25) is 0 Å². The summed E-state index contributed by atoms with van der Waals surface area (Å²) < 4.78 is 37.7. The number of rotatable bonds is 16. The molecule has 242 valence electrons. The minimum Gasteiger partial charge on any atom is -0.374 e. The van der Waals surface area contributed by atoms with Crippen LogP contribution in [0.3, 0.4) is 0 Å². The van der Waals surface area contributed by atoms with Crippen molar-refractivity contribution in [2.75, 3.05) is 27.4 Å². The van der Waals surface area contributed by atoms with E-state index in [0.717, 1.165) is 22.3 Å². The third kappa shape index (κ3) is 9.56. The molecule has 0 saturated carbocycles. The van der Waals surface area contributed by atoms with E-state index in [-0.39, 0.29) is 19.1 Å². The minimum absolute atomic E-state index is 0.108. The van der Waals surface area contributed by atoms with Crippen molar-refractivity contribution in [3.05, 3.63) is 144 Å². The van der Waals surface area contributed by atoms with E-state index in [1.165, 1.54) is 0 Å². The molecule has 0 aromatic heterocycles. The average molecular weight is 626 g/mol. The maximum Gasteiger partial charge on any atom is 0.248 e. The summed E-state index contributed by atoms with van der Waals surface area (Å²) in [5.41, 5.74) is 4.06. The summed E-state index contributed by atoms with van der Waals surface area (Å²) in [7, 11) is 3.30. The summed E-state index contributed by atoms with van der Waals surface area (Å²) in [5, 5.41) is 0. The zero-order valence-corrected chi connectivity index (χ0v) is 26.5. The molecule has 5 rings (SSSR count). The van der Waals surface area contributed by atoms with Crippen LogP contribution in [0.1, 0.15) is 22.3 Å². The fourth-order valence-corrected chi connectivity index (χ4v) is 5.52. The van der Waals surface area contributed by atoms with Gasteiger partial charge in [0.1, 0.15) is 31.0 Å². The van der Waals surface area contributed by atoms with Gasteiger partial charge < -0.3 is 33.3 Å². The zero-order valence-electron chi connectivity index (χ0n) is 26.5. The molecule has 8 nitrogen and oxygen atoms in total. The van der Waals surface area contributed by atoms with Crippen molar-refractivity contribution in [1.29, 1.82) is 0 Å². The Bertz CT molecular complexity index is 1420. The highest BCUT2D eigenvalue weighted by atomic mass is 16.7. The highest BCUT2D eigenvalue weighted by molar-refractivity contribution is 5.77. The first-order valence-corrected chi connectivity index (χ1v) is 15.6. The van der Waals surface area contributed by atoms with Gasteiger partial charge in [-0.1, -0.05) is 121 Å². The quantitative estimate of drug-likeness (QED) is 0.156. The fourth-order valence-electron chi connectivity index (χ4n) is 5.52. The minimum atomic E-state index is -0.800. The highest BCUT2D eigenvalue weighted by Gasteiger charge is 2.50. The third-order valence-corrected chi connectivity index (χ3v) is 7.99. The number of methoxy groups -OCH3 is 1. The molecule has 1 aliphatic heterocycles. The number of benzene rings is 4. The Kier molecular flexibility index (Phi) is 12.9. The molecule has 4 aromatic rings. The lowest BCUT2D eigenvalue weighted by atomic mass is 9.94. The van der Waals surface area contributed by atoms with E-state index in [1.807, 2.05) is 121 Å². The van der Waals surface area contributed by atoms with Crippen LogP contribution in [0.4, 0.5) is 0 Å². The number of ether oxygens (including phenoxy) is 6. The predicted molar refractivity (Wildman–Crippen MR) is 174 cm³/mol. The van der Waals surface area contributed by atoms with Crippen LogP contribution in [-0.4, -0.2) is 68.8 Å². The molecule has 1 aliphatic rings. The van der Waals surface area contributed by atoms with Gasteiger partial charge >= 0.3 is 0 Å². The first-order valence-electron chi connectivity index (χ1n) is 15.6. The summed E-state index contributed by atoms with van der Waals surface area (Å²) in [6.07, 6.45) is -2.54. The Morgan fingerprint density at radius 3 is 1.54 bits per heavy atom. The van der Waals surface area contributed by atoms with E-state index in [9.17, 15) is 4.79 Å². The standard InChI is InChI=1S/C38H43NO7/c1-39(34(40)28-43-24-30-17-9-4-10-18-30)35-37(45-26-32-21-13-6-14-22-32)36(44-25-31-19-11-5-12-20-31)33(46-38(35)41-2)27-42-23-29-15-7-3-8-16-29/h3-22,33,35-38H,23-28H2,1-2H3/t33-,35-,36-,37-,38-/m1/s1. The Morgan fingerprint density at radius 2 is 1.07 bits per heavy atom. The van der Waals surface area contributed by atoms with E-state index in [0.29, 0.717) is 26.4 Å². The lowest BCUT2D eigenvalue weighted by molar-refractivity contribution is -0.297. The summed E-state index contributed by atoms with van der Waals surface area (Å²) >= 11 is 0. The fraction of sp³-hybridized carbons (Fsp3) is 0.342. The lowest BCUT2D eigenvalue weighted by Gasteiger charge is -2.48. The first kappa shape index (κ1) is 33.5.